The average molecular weight is 452 g/mol. The number of nitrogens with zero attached hydrogens (tertiary/aromatic N) is 6. The minimum atomic E-state index is -0.0668. The number of hydrogen-bond donors (Lipinski definition) is 1. The SMILES string of the molecule is Cc1ccc2c(c1)c(=O)n(C)c1nnc(CN3CCC(NC(=O)c4scnc4C)CC3)n21. The van der Waals surface area contributed by atoms with Gasteiger partial charge in [-0.05, 0) is 38.8 Å². The van der Waals surface area contributed by atoms with Gasteiger partial charge in [-0.15, -0.1) is 21.5 Å². The molecule has 5 rings (SSSR count). The molecule has 10 heteroatoms. The van der Waals surface area contributed by atoms with Crippen LogP contribution in [0.3, 0.4) is 0 Å². The molecule has 0 atom stereocenters. The van der Waals surface area contributed by atoms with Crippen LogP contribution >= 0.6 is 11.3 Å². The largest absolute Gasteiger partial charge is 0.348 e. The number of carbonyl (C=O) groups excluding carboxylic acids is 1. The highest BCUT2D eigenvalue weighted by Gasteiger charge is 2.24. The summed E-state index contributed by atoms with van der Waals surface area (Å²) in [6.45, 7) is 6.18. The summed E-state index contributed by atoms with van der Waals surface area (Å²) in [5.74, 6) is 1.32. The molecule has 0 bridgehead atoms. The van der Waals surface area contributed by atoms with Gasteiger partial charge in [0.25, 0.3) is 11.5 Å². The summed E-state index contributed by atoms with van der Waals surface area (Å²) in [6.07, 6.45) is 1.75. The van der Waals surface area contributed by atoms with Crippen LogP contribution in [0.15, 0.2) is 28.5 Å². The van der Waals surface area contributed by atoms with E-state index in [-0.39, 0.29) is 17.5 Å². The van der Waals surface area contributed by atoms with E-state index in [0.717, 1.165) is 48.5 Å². The maximum Gasteiger partial charge on any atom is 0.263 e. The van der Waals surface area contributed by atoms with Gasteiger partial charge < -0.3 is 5.32 Å². The number of aromatic nitrogens is 5. The Kier molecular flexibility index (Phi) is 5.26. The number of thiazole rings is 1. The van der Waals surface area contributed by atoms with E-state index in [1.165, 1.54) is 11.3 Å². The van der Waals surface area contributed by atoms with Crippen molar-refractivity contribution in [3.63, 3.8) is 0 Å². The summed E-state index contributed by atoms with van der Waals surface area (Å²) in [5.41, 5.74) is 4.29. The lowest BCUT2D eigenvalue weighted by Crippen LogP contribution is -2.44. The number of carbonyl (C=O) groups is 1. The fourth-order valence-electron chi connectivity index (χ4n) is 4.37. The normalized spacial score (nSPS) is 15.6. The average Bonchev–Trinajstić information content (AvgIpc) is 3.40. The molecule has 3 aromatic heterocycles. The molecule has 1 aliphatic rings. The molecule has 0 saturated carbocycles. The van der Waals surface area contributed by atoms with Gasteiger partial charge in [0.15, 0.2) is 5.82 Å². The number of likely N-dealkylation sites (tertiary alicyclic amines) is 1. The Hall–Kier alpha value is -3.11. The van der Waals surface area contributed by atoms with Gasteiger partial charge in [0.2, 0.25) is 5.78 Å². The van der Waals surface area contributed by atoms with Gasteiger partial charge in [0.1, 0.15) is 4.88 Å². The number of amides is 1. The minimum Gasteiger partial charge on any atom is -0.348 e. The fraction of sp³-hybridized carbons (Fsp3) is 0.409. The quantitative estimate of drug-likeness (QED) is 0.510. The van der Waals surface area contributed by atoms with Crippen molar-refractivity contribution in [3.05, 3.63) is 56.0 Å². The monoisotopic (exact) mass is 451 g/mol. The van der Waals surface area contributed by atoms with Crippen molar-refractivity contribution in [3.8, 4) is 0 Å². The van der Waals surface area contributed by atoms with E-state index >= 15 is 0 Å². The van der Waals surface area contributed by atoms with Crippen molar-refractivity contribution in [1.82, 2.24) is 34.4 Å². The smallest absolute Gasteiger partial charge is 0.263 e. The number of rotatable bonds is 4. The molecule has 0 spiro atoms. The van der Waals surface area contributed by atoms with Gasteiger partial charge in [-0.25, -0.2) is 4.98 Å². The highest BCUT2D eigenvalue weighted by Crippen LogP contribution is 2.19. The molecule has 166 valence electrons. The molecule has 0 aliphatic carbocycles. The Labute approximate surface area is 188 Å². The van der Waals surface area contributed by atoms with E-state index in [1.54, 1.807) is 17.1 Å². The first-order valence-corrected chi connectivity index (χ1v) is 11.6. The van der Waals surface area contributed by atoms with E-state index in [4.69, 9.17) is 0 Å². The standard InChI is InChI=1S/C22H25N7O2S/c1-13-4-5-17-16(10-13)21(31)27(3)22-26-25-18(29(17)22)11-28-8-6-15(7-9-28)24-20(30)19-14(2)23-12-32-19/h4-5,10,12,15H,6-9,11H2,1-3H3,(H,24,30). The van der Waals surface area contributed by atoms with Gasteiger partial charge in [-0.2, -0.15) is 0 Å². The number of piperidine rings is 1. The first kappa shape index (κ1) is 20.8. The second-order valence-corrected chi connectivity index (χ2v) is 9.28. The lowest BCUT2D eigenvalue weighted by Gasteiger charge is -2.31. The Morgan fingerprint density at radius 3 is 2.72 bits per heavy atom. The zero-order chi connectivity index (χ0) is 22.4. The van der Waals surface area contributed by atoms with Crippen molar-refractivity contribution in [2.24, 2.45) is 7.05 Å². The Morgan fingerprint density at radius 2 is 2.00 bits per heavy atom. The highest BCUT2D eigenvalue weighted by molar-refractivity contribution is 7.11. The number of fused-ring (bicyclic) bond motifs is 3. The number of aryl methyl sites for hydroxylation is 3. The van der Waals surface area contributed by atoms with Gasteiger partial charge in [-0.3, -0.25) is 23.5 Å². The predicted molar refractivity (Wildman–Crippen MR) is 123 cm³/mol. The molecule has 0 unspecified atom stereocenters. The lowest BCUT2D eigenvalue weighted by molar-refractivity contribution is 0.0911. The Bertz CT molecular complexity index is 1380. The van der Waals surface area contributed by atoms with Gasteiger partial charge in [0, 0.05) is 26.2 Å². The highest BCUT2D eigenvalue weighted by atomic mass is 32.1. The molecule has 1 amide bonds. The summed E-state index contributed by atoms with van der Waals surface area (Å²) in [4.78, 5) is 32.4. The summed E-state index contributed by atoms with van der Waals surface area (Å²) >= 11 is 1.38. The predicted octanol–water partition coefficient (Wildman–Crippen LogP) is 2.05. The number of benzene rings is 1. The summed E-state index contributed by atoms with van der Waals surface area (Å²) < 4.78 is 3.54. The van der Waals surface area contributed by atoms with Gasteiger partial charge in [-0.1, -0.05) is 11.6 Å². The van der Waals surface area contributed by atoms with Crippen LogP contribution in [0.2, 0.25) is 0 Å². The number of hydrogen-bond acceptors (Lipinski definition) is 7. The van der Waals surface area contributed by atoms with Crippen molar-refractivity contribution in [1.29, 1.82) is 0 Å². The zero-order valence-corrected chi connectivity index (χ0v) is 19.1. The van der Waals surface area contributed by atoms with Crippen LogP contribution in [0, 0.1) is 13.8 Å². The summed E-state index contributed by atoms with van der Waals surface area (Å²) in [7, 11) is 1.73. The molecule has 4 heterocycles. The third-order valence-electron chi connectivity index (χ3n) is 6.18. The number of nitrogens with one attached hydrogen (secondary N) is 1. The van der Waals surface area contributed by atoms with E-state index in [2.05, 4.69) is 25.4 Å². The lowest BCUT2D eigenvalue weighted by atomic mass is 10.0. The maximum absolute atomic E-state index is 12.8. The first-order valence-electron chi connectivity index (χ1n) is 10.7. The second kappa shape index (κ2) is 8.10. The molecule has 4 aromatic rings. The van der Waals surface area contributed by atoms with Gasteiger partial charge >= 0.3 is 0 Å². The third-order valence-corrected chi connectivity index (χ3v) is 7.11. The van der Waals surface area contributed by atoms with Crippen LogP contribution in [0.5, 0.6) is 0 Å². The zero-order valence-electron chi connectivity index (χ0n) is 18.3. The van der Waals surface area contributed by atoms with Crippen molar-refractivity contribution < 1.29 is 4.79 Å². The van der Waals surface area contributed by atoms with Crippen LogP contribution in [0.25, 0.3) is 16.7 Å². The minimum absolute atomic E-state index is 0.0328. The van der Waals surface area contributed by atoms with E-state index in [9.17, 15) is 9.59 Å². The fourth-order valence-corrected chi connectivity index (χ4v) is 5.07. The van der Waals surface area contributed by atoms with Crippen molar-refractivity contribution in [2.75, 3.05) is 13.1 Å². The van der Waals surface area contributed by atoms with Gasteiger partial charge in [0.05, 0.1) is 28.7 Å². The molecule has 32 heavy (non-hydrogen) atoms. The van der Waals surface area contributed by atoms with Crippen molar-refractivity contribution >= 4 is 33.9 Å². The van der Waals surface area contributed by atoms with Crippen LogP contribution in [-0.2, 0) is 13.6 Å². The topological polar surface area (TPSA) is 97.4 Å². The molecule has 1 N–H and O–H groups in total. The second-order valence-electron chi connectivity index (χ2n) is 8.43. The molecule has 1 aliphatic heterocycles. The van der Waals surface area contributed by atoms with Crippen LogP contribution in [0.4, 0.5) is 0 Å². The van der Waals surface area contributed by atoms with E-state index < -0.39 is 0 Å². The van der Waals surface area contributed by atoms with E-state index in [0.29, 0.717) is 22.6 Å². The Balaban J connectivity index is 1.33. The van der Waals surface area contributed by atoms with Crippen LogP contribution in [0.1, 0.15) is 39.6 Å². The van der Waals surface area contributed by atoms with Crippen LogP contribution < -0.4 is 10.9 Å². The summed E-state index contributed by atoms with van der Waals surface area (Å²) in [6, 6.07) is 6.04. The molecular weight excluding hydrogens is 426 g/mol. The molecule has 0 radical (unpaired) electrons. The molecular formula is C22H25N7O2S. The van der Waals surface area contributed by atoms with Crippen LogP contribution in [-0.4, -0.2) is 54.1 Å². The van der Waals surface area contributed by atoms with E-state index in [1.807, 2.05) is 36.4 Å². The van der Waals surface area contributed by atoms with Crippen molar-refractivity contribution in [2.45, 2.75) is 39.3 Å². The first-order chi connectivity index (χ1) is 15.4. The summed E-state index contributed by atoms with van der Waals surface area (Å²) in [5, 5.41) is 12.5. The maximum atomic E-state index is 12.8. The molecule has 1 aromatic carbocycles. The molecule has 9 nitrogen and oxygen atoms in total. The third kappa shape index (κ3) is 3.59. The Morgan fingerprint density at radius 1 is 1.22 bits per heavy atom. The molecule has 1 saturated heterocycles. The molecule has 1 fully saturated rings.